The van der Waals surface area contributed by atoms with Gasteiger partial charge in [0.2, 0.25) is 0 Å². The second-order valence-corrected chi connectivity index (χ2v) is 6.89. The van der Waals surface area contributed by atoms with Crippen molar-refractivity contribution in [1.82, 2.24) is 10.6 Å². The van der Waals surface area contributed by atoms with Crippen LogP contribution in [0.3, 0.4) is 0 Å². The van der Waals surface area contributed by atoms with Gasteiger partial charge in [-0.05, 0) is 45.6 Å². The number of rotatable bonds is 6. The van der Waals surface area contributed by atoms with Gasteiger partial charge in [-0.15, -0.1) is 0 Å². The molecule has 1 aliphatic carbocycles. The minimum Gasteiger partial charge on any atom is -0.487 e. The molecule has 1 aliphatic heterocycles. The fraction of sp³-hybridized carbons (Fsp3) is 0.650. The van der Waals surface area contributed by atoms with E-state index in [1.807, 2.05) is 6.92 Å². The number of nitrogens with zero attached hydrogens (tertiary/aromatic N) is 1. The Labute approximate surface area is 151 Å². The van der Waals surface area contributed by atoms with Crippen LogP contribution in [-0.4, -0.2) is 37.9 Å². The maximum Gasteiger partial charge on any atom is 0.191 e. The Balaban J connectivity index is 1.76. The molecule has 1 unspecified atom stereocenters. The molecule has 1 saturated carbocycles. The number of nitrogens with one attached hydrogen (secondary N) is 2. The van der Waals surface area contributed by atoms with E-state index in [9.17, 15) is 0 Å². The van der Waals surface area contributed by atoms with Crippen LogP contribution in [0, 0.1) is 0 Å². The van der Waals surface area contributed by atoms with Crippen molar-refractivity contribution in [3.8, 4) is 5.75 Å². The Morgan fingerprint density at radius 3 is 2.84 bits per heavy atom. The van der Waals surface area contributed by atoms with Crippen LogP contribution in [0.5, 0.6) is 5.75 Å². The first-order chi connectivity index (χ1) is 12.3. The first-order valence-electron chi connectivity index (χ1n) is 9.67. The van der Waals surface area contributed by atoms with E-state index in [2.05, 4.69) is 46.8 Å². The van der Waals surface area contributed by atoms with E-state index < -0.39 is 0 Å². The number of aliphatic imine (C=N–C) groups is 1. The van der Waals surface area contributed by atoms with Crippen LogP contribution in [0.4, 0.5) is 0 Å². The van der Waals surface area contributed by atoms with Gasteiger partial charge in [-0.3, -0.25) is 4.99 Å². The van der Waals surface area contributed by atoms with Crippen molar-refractivity contribution in [2.45, 2.75) is 57.6 Å². The van der Waals surface area contributed by atoms with Gasteiger partial charge < -0.3 is 20.1 Å². The Hall–Kier alpha value is -1.75. The summed E-state index contributed by atoms with van der Waals surface area (Å²) in [6, 6.07) is 8.64. The predicted octanol–water partition coefficient (Wildman–Crippen LogP) is 3.41. The summed E-state index contributed by atoms with van der Waals surface area (Å²) in [7, 11) is 0. The molecule has 1 aromatic carbocycles. The second-order valence-electron chi connectivity index (χ2n) is 6.89. The summed E-state index contributed by atoms with van der Waals surface area (Å²) in [6.07, 6.45) is 5.82. The molecule has 5 nitrogen and oxygen atoms in total. The van der Waals surface area contributed by atoms with E-state index in [1.165, 1.54) is 18.4 Å². The van der Waals surface area contributed by atoms with Gasteiger partial charge in [-0.1, -0.05) is 18.2 Å². The largest absolute Gasteiger partial charge is 0.487 e. The molecule has 5 heteroatoms. The fourth-order valence-corrected chi connectivity index (χ4v) is 3.92. The first-order valence-corrected chi connectivity index (χ1v) is 9.67. The molecule has 1 aromatic rings. The summed E-state index contributed by atoms with van der Waals surface area (Å²) in [5.74, 6) is 1.88. The summed E-state index contributed by atoms with van der Waals surface area (Å²) >= 11 is 0. The highest BCUT2D eigenvalue weighted by atomic mass is 16.5. The number of para-hydroxylation sites is 1. The van der Waals surface area contributed by atoms with Crippen LogP contribution in [0.15, 0.2) is 29.3 Å². The molecule has 138 valence electrons. The average molecular weight is 345 g/mol. The molecular weight excluding hydrogens is 314 g/mol. The lowest BCUT2D eigenvalue weighted by Crippen LogP contribution is -2.46. The normalized spacial score (nSPS) is 21.7. The maximum absolute atomic E-state index is 6.44. The van der Waals surface area contributed by atoms with E-state index in [4.69, 9.17) is 9.47 Å². The van der Waals surface area contributed by atoms with E-state index >= 15 is 0 Å². The molecule has 25 heavy (non-hydrogen) atoms. The van der Waals surface area contributed by atoms with Crippen molar-refractivity contribution >= 4 is 5.96 Å². The standard InChI is InChI=1S/C20H31N3O2/c1-3-21-19(22-13-14-24-4-2)23-17-15-20(11-7-8-12-20)25-18-10-6-5-9-16(17)18/h5-6,9-10,17H,3-4,7-8,11-15H2,1-2H3,(H2,21,22,23). The Morgan fingerprint density at radius 1 is 1.28 bits per heavy atom. The van der Waals surface area contributed by atoms with Gasteiger partial charge in [0.05, 0.1) is 19.2 Å². The number of benzene rings is 1. The molecule has 2 aliphatic rings. The molecule has 3 rings (SSSR count). The highest BCUT2D eigenvalue weighted by Gasteiger charge is 2.43. The average Bonchev–Trinajstić information content (AvgIpc) is 3.06. The number of hydrogen-bond donors (Lipinski definition) is 2. The molecule has 1 atom stereocenters. The Bertz CT molecular complexity index is 582. The zero-order valence-electron chi connectivity index (χ0n) is 15.5. The molecule has 2 N–H and O–H groups in total. The smallest absolute Gasteiger partial charge is 0.191 e. The van der Waals surface area contributed by atoms with Gasteiger partial charge in [0.15, 0.2) is 5.96 Å². The molecule has 0 bridgehead atoms. The quantitative estimate of drug-likeness (QED) is 0.471. The number of guanidine groups is 1. The van der Waals surface area contributed by atoms with E-state index in [0.717, 1.165) is 44.1 Å². The highest BCUT2D eigenvalue weighted by molar-refractivity contribution is 5.80. The van der Waals surface area contributed by atoms with Crippen LogP contribution in [0.2, 0.25) is 0 Å². The van der Waals surface area contributed by atoms with Gasteiger partial charge in [-0.25, -0.2) is 0 Å². The van der Waals surface area contributed by atoms with Crippen molar-refractivity contribution in [2.24, 2.45) is 4.99 Å². The molecule has 0 saturated heterocycles. The monoisotopic (exact) mass is 345 g/mol. The second kappa shape index (κ2) is 8.56. The van der Waals surface area contributed by atoms with Crippen molar-refractivity contribution in [3.63, 3.8) is 0 Å². The van der Waals surface area contributed by atoms with Crippen LogP contribution in [0.1, 0.15) is 57.6 Å². The minimum atomic E-state index is -0.00529. The third-order valence-corrected chi connectivity index (χ3v) is 5.08. The van der Waals surface area contributed by atoms with Crippen molar-refractivity contribution in [2.75, 3.05) is 26.3 Å². The minimum absolute atomic E-state index is 0.00529. The Kier molecular flexibility index (Phi) is 6.19. The van der Waals surface area contributed by atoms with Crippen LogP contribution in [0.25, 0.3) is 0 Å². The van der Waals surface area contributed by atoms with E-state index in [1.54, 1.807) is 0 Å². The predicted molar refractivity (Wildman–Crippen MR) is 101 cm³/mol. The van der Waals surface area contributed by atoms with Gasteiger partial charge in [0.25, 0.3) is 0 Å². The Morgan fingerprint density at radius 2 is 2.08 bits per heavy atom. The topological polar surface area (TPSA) is 54.9 Å². The number of hydrogen-bond acceptors (Lipinski definition) is 3. The van der Waals surface area contributed by atoms with Gasteiger partial charge >= 0.3 is 0 Å². The lowest BCUT2D eigenvalue weighted by molar-refractivity contribution is 0.0396. The summed E-state index contributed by atoms with van der Waals surface area (Å²) in [6.45, 7) is 7.00. The zero-order chi connectivity index (χ0) is 17.5. The summed E-state index contributed by atoms with van der Waals surface area (Å²) in [5, 5.41) is 7.00. The molecule has 0 aromatic heterocycles. The van der Waals surface area contributed by atoms with E-state index in [-0.39, 0.29) is 11.6 Å². The highest BCUT2D eigenvalue weighted by Crippen LogP contribution is 2.46. The van der Waals surface area contributed by atoms with Crippen molar-refractivity contribution < 1.29 is 9.47 Å². The fourth-order valence-electron chi connectivity index (χ4n) is 3.92. The maximum atomic E-state index is 6.44. The zero-order valence-corrected chi connectivity index (χ0v) is 15.5. The molecule has 1 spiro atoms. The van der Waals surface area contributed by atoms with Crippen LogP contribution >= 0.6 is 0 Å². The lowest BCUT2D eigenvalue weighted by atomic mass is 9.86. The van der Waals surface area contributed by atoms with Gasteiger partial charge in [0.1, 0.15) is 11.4 Å². The first kappa shape index (κ1) is 18.1. The van der Waals surface area contributed by atoms with Crippen molar-refractivity contribution in [1.29, 1.82) is 0 Å². The van der Waals surface area contributed by atoms with Gasteiger partial charge in [0, 0.05) is 25.1 Å². The summed E-state index contributed by atoms with van der Waals surface area (Å²) in [5.41, 5.74) is 1.23. The SMILES string of the molecule is CCNC(=NCCOCC)NC1CC2(CCCC2)Oc2ccccc21. The third kappa shape index (κ3) is 4.46. The molecule has 0 radical (unpaired) electrons. The van der Waals surface area contributed by atoms with Crippen molar-refractivity contribution in [3.05, 3.63) is 29.8 Å². The lowest BCUT2D eigenvalue weighted by Gasteiger charge is -2.40. The number of fused-ring (bicyclic) bond motifs is 1. The number of ether oxygens (including phenoxy) is 2. The molecule has 1 heterocycles. The van der Waals surface area contributed by atoms with E-state index in [0.29, 0.717) is 13.2 Å². The molecule has 0 amide bonds. The molecular formula is C20H31N3O2. The summed E-state index contributed by atoms with van der Waals surface area (Å²) < 4.78 is 11.8. The van der Waals surface area contributed by atoms with Crippen LogP contribution < -0.4 is 15.4 Å². The van der Waals surface area contributed by atoms with Gasteiger partial charge in [-0.2, -0.15) is 0 Å². The van der Waals surface area contributed by atoms with Crippen LogP contribution in [-0.2, 0) is 4.74 Å². The summed E-state index contributed by atoms with van der Waals surface area (Å²) in [4.78, 5) is 4.66. The third-order valence-electron chi connectivity index (χ3n) is 5.08. The molecule has 1 fully saturated rings.